The predicted molar refractivity (Wildman–Crippen MR) is 219 cm³/mol. The van der Waals surface area contributed by atoms with Gasteiger partial charge < -0.3 is 9.13 Å². The van der Waals surface area contributed by atoms with E-state index in [4.69, 9.17) is 4.99 Å². The second-order valence-corrected chi connectivity index (χ2v) is 14.4. The molecule has 6 aromatic carbocycles. The van der Waals surface area contributed by atoms with Crippen LogP contribution in [0.2, 0.25) is 0 Å². The van der Waals surface area contributed by atoms with Crippen LogP contribution in [0.15, 0.2) is 169 Å². The second-order valence-electron chi connectivity index (χ2n) is 14.4. The highest BCUT2D eigenvalue weighted by molar-refractivity contribution is 6.10. The van der Waals surface area contributed by atoms with Crippen molar-refractivity contribution in [2.45, 2.75) is 32.2 Å². The van der Waals surface area contributed by atoms with Gasteiger partial charge in [-0.25, -0.2) is 0 Å². The highest BCUT2D eigenvalue weighted by atomic mass is 15.0. The van der Waals surface area contributed by atoms with Gasteiger partial charge in [-0.15, -0.1) is 0 Å². The first-order valence-electron chi connectivity index (χ1n) is 18.5. The molecule has 10 rings (SSSR count). The number of benzene rings is 6. The summed E-state index contributed by atoms with van der Waals surface area (Å²) in [4.78, 5) is 5.25. The van der Waals surface area contributed by atoms with Crippen molar-refractivity contribution in [2.24, 2.45) is 10.9 Å². The van der Waals surface area contributed by atoms with E-state index < -0.39 is 0 Å². The lowest BCUT2D eigenvalue weighted by molar-refractivity contribution is 0.677. The maximum absolute atomic E-state index is 5.25. The molecule has 2 aliphatic carbocycles. The van der Waals surface area contributed by atoms with Gasteiger partial charge in [0.25, 0.3) is 0 Å². The Labute approximate surface area is 304 Å². The van der Waals surface area contributed by atoms with Crippen molar-refractivity contribution in [1.29, 1.82) is 0 Å². The van der Waals surface area contributed by atoms with Crippen molar-refractivity contribution in [3.63, 3.8) is 0 Å². The Morgan fingerprint density at radius 2 is 1.27 bits per heavy atom. The van der Waals surface area contributed by atoms with Crippen LogP contribution >= 0.6 is 0 Å². The number of hydrogen-bond donors (Lipinski definition) is 0. The summed E-state index contributed by atoms with van der Waals surface area (Å²) in [6.45, 7) is 4.42. The summed E-state index contributed by atoms with van der Waals surface area (Å²) in [5.74, 6) is 1.24. The first-order valence-corrected chi connectivity index (χ1v) is 18.5. The minimum absolute atomic E-state index is 0.0834. The highest BCUT2D eigenvalue weighted by Gasteiger charge is 2.42. The lowest BCUT2D eigenvalue weighted by Crippen LogP contribution is -2.07. The van der Waals surface area contributed by atoms with Gasteiger partial charge in [0.15, 0.2) is 0 Å². The summed E-state index contributed by atoms with van der Waals surface area (Å²) < 4.78 is 4.93. The summed E-state index contributed by atoms with van der Waals surface area (Å²) >= 11 is 0. The van der Waals surface area contributed by atoms with Gasteiger partial charge in [0, 0.05) is 38.8 Å². The van der Waals surface area contributed by atoms with Crippen molar-refractivity contribution in [2.75, 3.05) is 0 Å². The molecule has 2 aromatic heterocycles. The third kappa shape index (κ3) is 5.07. The van der Waals surface area contributed by atoms with E-state index in [0.29, 0.717) is 11.8 Å². The molecule has 1 fully saturated rings. The Bertz CT molecular complexity index is 2720. The molecular formula is C49H39N3. The van der Waals surface area contributed by atoms with Crippen LogP contribution in [0.4, 0.5) is 0 Å². The fourth-order valence-corrected chi connectivity index (χ4v) is 8.55. The van der Waals surface area contributed by atoms with Crippen molar-refractivity contribution >= 4 is 50.2 Å². The van der Waals surface area contributed by atoms with Gasteiger partial charge >= 0.3 is 0 Å². The van der Waals surface area contributed by atoms with E-state index in [-0.39, 0.29) is 6.04 Å². The number of hydrogen-bond acceptors (Lipinski definition) is 1. The maximum atomic E-state index is 5.25. The van der Waals surface area contributed by atoms with Gasteiger partial charge in [-0.2, -0.15) is 0 Å². The lowest BCUT2D eigenvalue weighted by Gasteiger charge is -2.18. The summed E-state index contributed by atoms with van der Waals surface area (Å²) in [5.41, 5.74) is 14.5. The summed E-state index contributed by atoms with van der Waals surface area (Å²) in [6, 6.07) is 54.8. The SMILES string of the molecule is CC(=N/C(=C\C(C)n1c2c(c3cc(-c4ccc5c(c4)c4ccccc4n5-c4ccccc4)ccc31)C1CC1C=C2)c1ccccc1)c1ccccc1. The van der Waals surface area contributed by atoms with Crippen molar-refractivity contribution in [1.82, 2.24) is 9.13 Å². The van der Waals surface area contributed by atoms with Crippen molar-refractivity contribution < 1.29 is 0 Å². The molecule has 250 valence electrons. The zero-order chi connectivity index (χ0) is 34.8. The van der Waals surface area contributed by atoms with Crippen LogP contribution < -0.4 is 0 Å². The molecule has 2 heterocycles. The van der Waals surface area contributed by atoms with E-state index in [1.807, 2.05) is 0 Å². The molecule has 0 aliphatic heterocycles. The van der Waals surface area contributed by atoms with Crippen LogP contribution in [0.5, 0.6) is 0 Å². The number of fused-ring (bicyclic) bond motifs is 8. The number of nitrogens with zero attached hydrogens (tertiary/aromatic N) is 3. The molecule has 0 saturated heterocycles. The molecule has 0 radical (unpaired) electrons. The molecule has 3 nitrogen and oxygen atoms in total. The molecule has 0 bridgehead atoms. The smallest absolute Gasteiger partial charge is 0.0686 e. The Morgan fingerprint density at radius 3 is 2.02 bits per heavy atom. The van der Waals surface area contributed by atoms with Gasteiger partial charge in [-0.1, -0.05) is 115 Å². The van der Waals surface area contributed by atoms with E-state index in [1.54, 1.807) is 0 Å². The van der Waals surface area contributed by atoms with Crippen molar-refractivity contribution in [3.8, 4) is 16.8 Å². The normalized spacial score (nSPS) is 17.4. The molecule has 2 aliphatic rings. The third-order valence-electron chi connectivity index (χ3n) is 11.2. The summed E-state index contributed by atoms with van der Waals surface area (Å²) in [6.07, 6.45) is 8.40. The first-order chi connectivity index (χ1) is 25.6. The largest absolute Gasteiger partial charge is 0.334 e. The summed E-state index contributed by atoms with van der Waals surface area (Å²) in [5, 5.41) is 3.93. The zero-order valence-corrected chi connectivity index (χ0v) is 29.4. The number of rotatable bonds is 7. The quantitative estimate of drug-likeness (QED) is 0.151. The van der Waals surface area contributed by atoms with Crippen LogP contribution in [0.1, 0.15) is 54.6 Å². The molecule has 3 unspecified atom stereocenters. The second kappa shape index (κ2) is 12.2. The van der Waals surface area contributed by atoms with Crippen LogP contribution in [-0.4, -0.2) is 14.8 Å². The first kappa shape index (κ1) is 30.6. The van der Waals surface area contributed by atoms with Crippen LogP contribution in [0.25, 0.3) is 61.3 Å². The van der Waals surface area contributed by atoms with E-state index in [0.717, 1.165) is 22.5 Å². The minimum Gasteiger partial charge on any atom is -0.334 e. The molecule has 0 N–H and O–H groups in total. The monoisotopic (exact) mass is 669 g/mol. The maximum Gasteiger partial charge on any atom is 0.0686 e. The number of allylic oxidation sites excluding steroid dienone is 2. The Balaban J connectivity index is 1.11. The fraction of sp³-hybridized carbons (Fsp3) is 0.122. The average Bonchev–Trinajstić information content (AvgIpc) is 3.82. The number of aromatic nitrogens is 2. The fourth-order valence-electron chi connectivity index (χ4n) is 8.55. The van der Waals surface area contributed by atoms with Gasteiger partial charge in [-0.05, 0) is 115 Å². The van der Waals surface area contributed by atoms with Crippen LogP contribution in [-0.2, 0) is 0 Å². The molecule has 0 spiro atoms. The molecule has 0 amide bonds. The zero-order valence-electron chi connectivity index (χ0n) is 29.4. The number of para-hydroxylation sites is 2. The van der Waals surface area contributed by atoms with Gasteiger partial charge in [0.1, 0.15) is 0 Å². The molecule has 52 heavy (non-hydrogen) atoms. The van der Waals surface area contributed by atoms with E-state index in [1.165, 1.54) is 67.2 Å². The summed E-state index contributed by atoms with van der Waals surface area (Å²) in [7, 11) is 0. The number of aliphatic imine (C=N–C) groups is 1. The molecule has 8 aromatic rings. The minimum atomic E-state index is 0.0834. The molecular weight excluding hydrogens is 631 g/mol. The van der Waals surface area contributed by atoms with Crippen LogP contribution in [0.3, 0.4) is 0 Å². The van der Waals surface area contributed by atoms with Gasteiger partial charge in [-0.3, -0.25) is 4.99 Å². The average molecular weight is 670 g/mol. The lowest BCUT2D eigenvalue weighted by atomic mass is 9.97. The van der Waals surface area contributed by atoms with E-state index in [2.05, 4.69) is 193 Å². The standard InChI is InChI=1S/C49H39N3/c1-32(28-44(35-16-8-4-9-17-35)50-33(2)34-14-6-3-7-15-34)51-47-26-23-37(30-43(47)49-41-31-38(41)24-27-48(49)51)36-22-25-46-42(29-36)40-20-12-13-21-45(40)52(46)39-18-10-5-11-19-39/h3-30,32,38,41H,31H2,1-2H3/b44-28-,50-33?. The van der Waals surface area contributed by atoms with Gasteiger partial charge in [0.2, 0.25) is 0 Å². The Kier molecular flexibility index (Phi) is 7.21. The highest BCUT2D eigenvalue weighted by Crippen LogP contribution is 2.56. The predicted octanol–water partition coefficient (Wildman–Crippen LogP) is 12.6. The Morgan fingerprint density at radius 1 is 0.654 bits per heavy atom. The molecule has 3 atom stereocenters. The molecule has 3 heteroatoms. The topological polar surface area (TPSA) is 22.2 Å². The van der Waals surface area contributed by atoms with E-state index in [9.17, 15) is 0 Å². The van der Waals surface area contributed by atoms with Crippen molar-refractivity contribution in [3.05, 3.63) is 186 Å². The van der Waals surface area contributed by atoms with Gasteiger partial charge in [0.05, 0.1) is 22.8 Å². The Hall–Kier alpha value is -6.19. The molecule has 1 saturated carbocycles. The van der Waals surface area contributed by atoms with Crippen LogP contribution in [0, 0.1) is 5.92 Å². The third-order valence-corrected chi connectivity index (χ3v) is 11.2. The van der Waals surface area contributed by atoms with E-state index >= 15 is 0 Å².